The third-order valence-electron chi connectivity index (χ3n) is 8.22. The summed E-state index contributed by atoms with van der Waals surface area (Å²) in [6.45, 7) is 10.6. The molecule has 2 aliphatic carbocycles. The molecule has 2 fully saturated rings. The van der Waals surface area contributed by atoms with Crippen LogP contribution in [0.4, 0.5) is 0 Å². The van der Waals surface area contributed by atoms with Crippen molar-refractivity contribution in [2.45, 2.75) is 90.8 Å². The van der Waals surface area contributed by atoms with Gasteiger partial charge in [0.05, 0.1) is 11.7 Å². The number of fused-ring (bicyclic) bond motifs is 4. The second kappa shape index (κ2) is 7.42. The standard InChI is InChI=1S/C24H32O8/c1-12-7-8-16(29-14(3)25)11-24(28)17(13(2)21(27)32-24)9-18-22(12,5)19(30-15(4)26)10-20-23(18,6)31-20/h11-12,18-20,28H,7-10H2,1-6H3/b16-11+/t12-,18+,19-,20+,22+,23-,24-/m0/s1. The summed E-state index contributed by atoms with van der Waals surface area (Å²) in [5, 5.41) is 11.4. The molecule has 8 nitrogen and oxygen atoms in total. The van der Waals surface area contributed by atoms with Gasteiger partial charge in [-0.15, -0.1) is 0 Å². The molecule has 0 unspecified atom stereocenters. The monoisotopic (exact) mass is 448 g/mol. The average Bonchev–Trinajstić information content (AvgIpc) is 3.27. The number of esters is 3. The van der Waals surface area contributed by atoms with Gasteiger partial charge in [0.1, 0.15) is 11.9 Å². The summed E-state index contributed by atoms with van der Waals surface area (Å²) >= 11 is 0. The molecule has 1 saturated carbocycles. The quantitative estimate of drug-likeness (QED) is 0.390. The van der Waals surface area contributed by atoms with Crippen LogP contribution in [0.2, 0.25) is 0 Å². The number of aliphatic hydroxyl groups is 1. The lowest BCUT2D eigenvalue weighted by Crippen LogP contribution is -2.56. The highest BCUT2D eigenvalue weighted by atomic mass is 16.7. The van der Waals surface area contributed by atoms with Crippen LogP contribution in [0.3, 0.4) is 0 Å². The van der Waals surface area contributed by atoms with Crippen LogP contribution in [0, 0.1) is 17.3 Å². The second-order valence-electron chi connectivity index (χ2n) is 10.1. The topological polar surface area (TPSA) is 112 Å². The van der Waals surface area contributed by atoms with Crippen LogP contribution in [0.25, 0.3) is 0 Å². The molecule has 0 aromatic heterocycles. The maximum atomic E-state index is 12.5. The van der Waals surface area contributed by atoms with E-state index in [9.17, 15) is 19.5 Å². The van der Waals surface area contributed by atoms with Gasteiger partial charge in [-0.25, -0.2) is 4.79 Å². The van der Waals surface area contributed by atoms with E-state index in [0.29, 0.717) is 36.8 Å². The van der Waals surface area contributed by atoms with Gasteiger partial charge in [-0.1, -0.05) is 13.8 Å². The number of carbonyl (C=O) groups excluding carboxylic acids is 3. The molecule has 8 heteroatoms. The largest absolute Gasteiger partial charge is 0.462 e. The first kappa shape index (κ1) is 23.0. The van der Waals surface area contributed by atoms with E-state index in [1.807, 2.05) is 0 Å². The number of carbonyl (C=O) groups is 3. The van der Waals surface area contributed by atoms with Gasteiger partial charge in [-0.05, 0) is 32.6 Å². The molecular formula is C24H32O8. The minimum absolute atomic E-state index is 0.0563. The Balaban J connectivity index is 1.85. The number of rotatable bonds is 2. The van der Waals surface area contributed by atoms with Crippen molar-refractivity contribution in [1.82, 2.24) is 0 Å². The molecule has 1 N–H and O–H groups in total. The Morgan fingerprint density at radius 3 is 2.53 bits per heavy atom. The molecule has 32 heavy (non-hydrogen) atoms. The number of epoxide rings is 1. The second-order valence-corrected chi connectivity index (χ2v) is 10.1. The summed E-state index contributed by atoms with van der Waals surface area (Å²) < 4.78 is 22.7. The van der Waals surface area contributed by atoms with Crippen LogP contribution in [-0.2, 0) is 33.3 Å². The van der Waals surface area contributed by atoms with E-state index in [-0.39, 0.29) is 35.8 Å². The highest BCUT2D eigenvalue weighted by molar-refractivity contribution is 5.92. The number of hydrogen-bond donors (Lipinski definition) is 1. The third-order valence-corrected chi connectivity index (χ3v) is 8.22. The maximum Gasteiger partial charge on any atom is 0.336 e. The summed E-state index contributed by atoms with van der Waals surface area (Å²) in [5.41, 5.74) is -0.208. The van der Waals surface area contributed by atoms with Gasteiger partial charge in [0.2, 0.25) is 0 Å². The zero-order valence-electron chi connectivity index (χ0n) is 19.5. The van der Waals surface area contributed by atoms with Crippen molar-refractivity contribution in [1.29, 1.82) is 0 Å². The first-order valence-corrected chi connectivity index (χ1v) is 11.2. The average molecular weight is 449 g/mol. The number of hydrogen-bond acceptors (Lipinski definition) is 8. The fourth-order valence-electron chi connectivity index (χ4n) is 6.13. The summed E-state index contributed by atoms with van der Waals surface area (Å²) in [4.78, 5) is 36.1. The molecule has 176 valence electrons. The van der Waals surface area contributed by atoms with Crippen LogP contribution < -0.4 is 0 Å². The normalized spacial score (nSPS) is 44.8. The summed E-state index contributed by atoms with van der Waals surface area (Å²) in [5.74, 6) is -3.30. The Kier molecular flexibility index (Phi) is 5.33. The minimum Gasteiger partial charge on any atom is -0.462 e. The van der Waals surface area contributed by atoms with Crippen LogP contribution in [0.5, 0.6) is 0 Å². The highest BCUT2D eigenvalue weighted by Gasteiger charge is 2.70. The molecule has 7 atom stereocenters. The van der Waals surface area contributed by atoms with E-state index in [0.717, 1.165) is 0 Å². The third kappa shape index (κ3) is 3.48. The number of allylic oxidation sites excluding steroid dienone is 1. The van der Waals surface area contributed by atoms with Gasteiger partial charge >= 0.3 is 17.9 Å². The molecule has 4 rings (SSSR count). The molecule has 1 saturated heterocycles. The lowest BCUT2D eigenvalue weighted by Gasteiger charge is -2.52. The van der Waals surface area contributed by atoms with Crippen molar-refractivity contribution < 1.29 is 38.4 Å². The van der Waals surface area contributed by atoms with E-state index in [1.165, 1.54) is 19.9 Å². The molecule has 0 aromatic rings. The van der Waals surface area contributed by atoms with Crippen LogP contribution in [0.1, 0.15) is 67.2 Å². The molecular weight excluding hydrogens is 416 g/mol. The summed E-state index contributed by atoms with van der Waals surface area (Å²) in [7, 11) is 0. The molecule has 0 aromatic carbocycles. The molecule has 2 heterocycles. The smallest absolute Gasteiger partial charge is 0.336 e. The number of ether oxygens (including phenoxy) is 4. The Morgan fingerprint density at radius 1 is 1.22 bits per heavy atom. The molecule has 2 aliphatic heterocycles. The Bertz CT molecular complexity index is 934. The molecule has 0 bridgehead atoms. The van der Waals surface area contributed by atoms with Gasteiger partial charge in [0.15, 0.2) is 0 Å². The van der Waals surface area contributed by atoms with Crippen molar-refractivity contribution in [3.63, 3.8) is 0 Å². The van der Waals surface area contributed by atoms with Gasteiger partial charge in [0.25, 0.3) is 5.79 Å². The van der Waals surface area contributed by atoms with Gasteiger partial charge in [0, 0.05) is 55.2 Å². The molecule has 4 aliphatic rings. The Hall–Kier alpha value is -2.19. The zero-order chi connectivity index (χ0) is 23.6. The van der Waals surface area contributed by atoms with Crippen molar-refractivity contribution in [2.75, 3.05) is 0 Å². The lowest BCUT2D eigenvalue weighted by atomic mass is 9.53. The Labute approximate surface area is 187 Å². The van der Waals surface area contributed by atoms with Gasteiger partial charge in [-0.2, -0.15) is 0 Å². The van der Waals surface area contributed by atoms with Crippen LogP contribution >= 0.6 is 0 Å². The molecule has 0 spiro atoms. The van der Waals surface area contributed by atoms with E-state index in [1.54, 1.807) is 6.92 Å². The minimum atomic E-state index is -2.00. The van der Waals surface area contributed by atoms with E-state index < -0.39 is 28.7 Å². The predicted molar refractivity (Wildman–Crippen MR) is 112 cm³/mol. The Morgan fingerprint density at radius 2 is 1.91 bits per heavy atom. The van der Waals surface area contributed by atoms with Crippen molar-refractivity contribution in [2.24, 2.45) is 17.3 Å². The summed E-state index contributed by atoms with van der Waals surface area (Å²) in [6.07, 6.45) is 2.79. The predicted octanol–water partition coefficient (Wildman–Crippen LogP) is 2.93. The van der Waals surface area contributed by atoms with E-state index in [4.69, 9.17) is 18.9 Å². The maximum absolute atomic E-state index is 12.5. The van der Waals surface area contributed by atoms with Crippen molar-refractivity contribution in [3.05, 3.63) is 23.0 Å². The zero-order valence-corrected chi connectivity index (χ0v) is 19.5. The first-order valence-electron chi connectivity index (χ1n) is 11.2. The fourth-order valence-corrected chi connectivity index (χ4v) is 6.13. The van der Waals surface area contributed by atoms with Crippen LogP contribution in [-0.4, -0.2) is 46.6 Å². The van der Waals surface area contributed by atoms with Gasteiger partial charge in [-0.3, -0.25) is 9.59 Å². The lowest BCUT2D eigenvalue weighted by molar-refractivity contribution is -0.174. The first-order chi connectivity index (χ1) is 14.8. The highest BCUT2D eigenvalue weighted by Crippen LogP contribution is 2.64. The van der Waals surface area contributed by atoms with E-state index >= 15 is 0 Å². The summed E-state index contributed by atoms with van der Waals surface area (Å²) in [6, 6.07) is 0. The fraction of sp³-hybridized carbons (Fsp3) is 0.708. The van der Waals surface area contributed by atoms with Crippen LogP contribution in [0.15, 0.2) is 23.0 Å². The molecule has 0 amide bonds. The SMILES string of the molecule is CC(=O)O/C1=C/[C@]2(O)OC(=O)C(C)=C2C[C@H]2[C@]3(C)O[C@@H]3C[C@H](OC(C)=O)[C@]2(C)[C@@H](C)CC1. The van der Waals surface area contributed by atoms with E-state index in [2.05, 4.69) is 20.8 Å². The van der Waals surface area contributed by atoms with Gasteiger partial charge < -0.3 is 24.1 Å². The molecule has 0 radical (unpaired) electrons. The van der Waals surface area contributed by atoms with Crippen molar-refractivity contribution >= 4 is 17.9 Å². The van der Waals surface area contributed by atoms with Crippen molar-refractivity contribution in [3.8, 4) is 0 Å².